The van der Waals surface area contributed by atoms with Crippen LogP contribution >= 0.6 is 0 Å². The monoisotopic (exact) mass is 583 g/mol. The fraction of sp³-hybridized carbons (Fsp3) is 0.719. The van der Waals surface area contributed by atoms with Gasteiger partial charge in [0, 0.05) is 5.92 Å². The Morgan fingerprint density at radius 2 is 1.95 bits per heavy atom. The van der Waals surface area contributed by atoms with Crippen LogP contribution in [0.15, 0.2) is 12.4 Å². The molecular formula is C32H49N5O5. The summed E-state index contributed by atoms with van der Waals surface area (Å²) in [5.41, 5.74) is 5.21. The molecule has 1 aromatic heterocycles. The van der Waals surface area contributed by atoms with Gasteiger partial charge in [-0.15, -0.1) is 0 Å². The van der Waals surface area contributed by atoms with Crippen molar-refractivity contribution in [1.29, 1.82) is 0 Å². The van der Waals surface area contributed by atoms with Gasteiger partial charge in [-0.3, -0.25) is 9.59 Å². The molecule has 0 spiro atoms. The van der Waals surface area contributed by atoms with Crippen molar-refractivity contribution in [3.63, 3.8) is 0 Å². The smallest absolute Gasteiger partial charge is 0.408 e. The Morgan fingerprint density at radius 3 is 2.62 bits per heavy atom. The lowest BCUT2D eigenvalue weighted by atomic mass is 9.85. The molecule has 0 unspecified atom stereocenters. The molecule has 42 heavy (non-hydrogen) atoms. The zero-order valence-electron chi connectivity index (χ0n) is 26.2. The molecule has 3 heterocycles. The van der Waals surface area contributed by atoms with Crippen LogP contribution in [0.3, 0.4) is 0 Å². The van der Waals surface area contributed by atoms with E-state index in [9.17, 15) is 14.4 Å². The topological polar surface area (TPSA) is 137 Å². The lowest BCUT2D eigenvalue weighted by Gasteiger charge is -2.37. The summed E-state index contributed by atoms with van der Waals surface area (Å²) in [4.78, 5) is 51.4. The largest absolute Gasteiger partial charge is 0.485 e. The number of ether oxygens (including phenoxy) is 2. The molecule has 2 aliphatic heterocycles. The summed E-state index contributed by atoms with van der Waals surface area (Å²) in [5, 5.41) is 2.92. The van der Waals surface area contributed by atoms with Crippen molar-refractivity contribution in [1.82, 2.24) is 20.2 Å². The molecule has 10 heteroatoms. The number of carbonyl (C=O) groups excluding carboxylic acids is 3. The van der Waals surface area contributed by atoms with E-state index in [1.165, 1.54) is 13.1 Å². The van der Waals surface area contributed by atoms with Crippen molar-refractivity contribution in [2.24, 2.45) is 23.0 Å². The van der Waals surface area contributed by atoms with Gasteiger partial charge in [-0.25, -0.2) is 14.8 Å². The van der Waals surface area contributed by atoms with Gasteiger partial charge >= 0.3 is 6.09 Å². The number of nitrogens with zero attached hydrogens (tertiary/aromatic N) is 3. The summed E-state index contributed by atoms with van der Waals surface area (Å²) in [5.74, 6) is 0.707. The van der Waals surface area contributed by atoms with Gasteiger partial charge in [-0.1, -0.05) is 40.5 Å². The molecule has 1 aliphatic carbocycles. The van der Waals surface area contributed by atoms with Crippen molar-refractivity contribution in [3.05, 3.63) is 23.9 Å². The minimum atomic E-state index is -0.883. The van der Waals surface area contributed by atoms with E-state index in [1.54, 1.807) is 17.2 Å². The number of hydrogen-bond donors (Lipinski definition) is 2. The summed E-state index contributed by atoms with van der Waals surface area (Å²) >= 11 is 0. The van der Waals surface area contributed by atoms with Gasteiger partial charge in [-0.2, -0.15) is 0 Å². The Kier molecular flexibility index (Phi) is 9.83. The quantitative estimate of drug-likeness (QED) is 0.518. The summed E-state index contributed by atoms with van der Waals surface area (Å²) in [6, 6.07) is -1.55. The Balaban J connectivity index is 1.73. The fourth-order valence-corrected chi connectivity index (χ4v) is 7.09. The van der Waals surface area contributed by atoms with Crippen LogP contribution < -0.4 is 15.8 Å². The first-order valence-corrected chi connectivity index (χ1v) is 15.6. The normalized spacial score (nSPS) is 31.4. The molecular weight excluding hydrogens is 534 g/mol. The van der Waals surface area contributed by atoms with Crippen LogP contribution in [0.25, 0.3) is 6.08 Å². The molecule has 10 nitrogen and oxygen atoms in total. The Morgan fingerprint density at radius 1 is 1.21 bits per heavy atom. The molecule has 2 fully saturated rings. The SMILES string of the molecule is CC[C@@H]1[C@@H]2CN(C(=O)[C@H](C(C)(C)C)NC(=O)O[C@]3(C)CCC[C@H]3CCCCCc3nc(C=CN)ncc3O2)[C@@H]1C(C)=O. The lowest BCUT2D eigenvalue weighted by molar-refractivity contribution is -0.141. The number of aromatic nitrogens is 2. The van der Waals surface area contributed by atoms with Crippen molar-refractivity contribution in [2.45, 2.75) is 123 Å². The third kappa shape index (κ3) is 6.89. The van der Waals surface area contributed by atoms with Crippen LogP contribution in [0.4, 0.5) is 4.79 Å². The highest BCUT2D eigenvalue weighted by atomic mass is 16.6. The molecule has 0 aromatic carbocycles. The van der Waals surface area contributed by atoms with Gasteiger partial charge in [0.15, 0.2) is 17.4 Å². The number of aryl methyl sites for hydroxylation is 1. The average molecular weight is 584 g/mol. The first kappa shape index (κ1) is 31.8. The highest BCUT2D eigenvalue weighted by Crippen LogP contribution is 2.42. The number of nitrogens with one attached hydrogen (secondary N) is 1. The van der Waals surface area contributed by atoms with E-state index in [1.807, 2.05) is 34.6 Å². The second-order valence-corrected chi connectivity index (χ2v) is 13.5. The molecule has 3 N–H and O–H groups in total. The number of nitrogens with two attached hydrogens (primary N) is 1. The molecule has 1 aromatic rings. The third-order valence-electron chi connectivity index (χ3n) is 9.39. The van der Waals surface area contributed by atoms with Crippen molar-refractivity contribution < 1.29 is 23.9 Å². The first-order valence-electron chi connectivity index (χ1n) is 15.6. The minimum Gasteiger partial charge on any atom is -0.485 e. The van der Waals surface area contributed by atoms with E-state index in [-0.39, 0.29) is 30.1 Å². The van der Waals surface area contributed by atoms with Crippen molar-refractivity contribution >= 4 is 23.9 Å². The Labute approximate surface area is 250 Å². The molecule has 1 saturated carbocycles. The van der Waals surface area contributed by atoms with Crippen LogP contribution in [-0.4, -0.2) is 63.0 Å². The Bertz CT molecular complexity index is 1180. The molecule has 2 amide bonds. The standard InChI is InChI=1S/C32H49N5O5/c1-7-22-25-19-37(27(22)20(2)38)29(39)28(31(3,4)5)36-30(40)42-32(6)16-11-13-21(32)12-9-8-10-14-23-24(41-25)18-34-26(35-23)15-17-33/h15,17-18,21-22,25,27-28H,7-14,16,19,33H2,1-6H3,(H,36,40)/t21-,22-,25+,27-,28-,32-/m1/s1. The predicted molar refractivity (Wildman–Crippen MR) is 160 cm³/mol. The maximum Gasteiger partial charge on any atom is 0.408 e. The molecule has 4 rings (SSSR count). The number of alkyl carbamates (subject to hydrolysis) is 1. The first-order chi connectivity index (χ1) is 19.9. The molecule has 6 atom stereocenters. The summed E-state index contributed by atoms with van der Waals surface area (Å²) in [7, 11) is 0. The van der Waals surface area contributed by atoms with Crippen LogP contribution in [-0.2, 0) is 20.7 Å². The maximum atomic E-state index is 14.2. The van der Waals surface area contributed by atoms with E-state index >= 15 is 0 Å². The molecule has 3 aliphatic rings. The van der Waals surface area contributed by atoms with Gasteiger partial charge in [0.2, 0.25) is 5.91 Å². The maximum absolute atomic E-state index is 14.2. The van der Waals surface area contributed by atoms with E-state index in [0.29, 0.717) is 24.4 Å². The van der Waals surface area contributed by atoms with E-state index in [0.717, 1.165) is 50.6 Å². The second kappa shape index (κ2) is 13.0. The molecule has 232 valence electrons. The number of carbonyl (C=O) groups is 3. The summed E-state index contributed by atoms with van der Waals surface area (Å²) in [6.07, 6.45) is 11.8. The zero-order valence-corrected chi connectivity index (χ0v) is 26.2. The average Bonchev–Trinajstić information content (AvgIpc) is 3.46. The molecule has 2 bridgehead atoms. The number of fused-ring (bicyclic) bond motifs is 4. The van der Waals surface area contributed by atoms with Crippen LogP contribution in [0.2, 0.25) is 0 Å². The van der Waals surface area contributed by atoms with Crippen molar-refractivity contribution in [3.8, 4) is 5.75 Å². The summed E-state index contributed by atoms with van der Waals surface area (Å²) < 4.78 is 12.7. The summed E-state index contributed by atoms with van der Waals surface area (Å²) in [6.45, 7) is 11.5. The zero-order chi connectivity index (χ0) is 30.7. The lowest BCUT2D eigenvalue weighted by Crippen LogP contribution is -2.58. The van der Waals surface area contributed by atoms with Gasteiger partial charge in [-0.05, 0) is 82.4 Å². The predicted octanol–water partition coefficient (Wildman–Crippen LogP) is 4.80. The van der Waals surface area contributed by atoms with Gasteiger partial charge in [0.1, 0.15) is 17.7 Å². The Hall–Kier alpha value is -3.17. The number of amides is 2. The van der Waals surface area contributed by atoms with E-state index in [2.05, 4.69) is 10.3 Å². The number of hydrogen-bond acceptors (Lipinski definition) is 8. The molecule has 1 saturated heterocycles. The van der Waals surface area contributed by atoms with Gasteiger partial charge < -0.3 is 25.4 Å². The third-order valence-corrected chi connectivity index (χ3v) is 9.39. The minimum absolute atomic E-state index is 0.108. The van der Waals surface area contributed by atoms with Crippen LogP contribution in [0, 0.1) is 17.3 Å². The number of Topliss-reactive ketones (excluding diaryl/α,β-unsaturated/α-hetero) is 1. The van der Waals surface area contributed by atoms with E-state index < -0.39 is 35.3 Å². The van der Waals surface area contributed by atoms with Crippen LogP contribution in [0.5, 0.6) is 5.75 Å². The number of ketones is 1. The van der Waals surface area contributed by atoms with Crippen LogP contribution in [0.1, 0.15) is 104 Å². The van der Waals surface area contributed by atoms with Gasteiger partial charge in [0.05, 0.1) is 24.5 Å². The van der Waals surface area contributed by atoms with E-state index in [4.69, 9.17) is 20.2 Å². The highest BCUT2D eigenvalue weighted by molar-refractivity contribution is 5.92. The fourth-order valence-electron chi connectivity index (χ4n) is 7.09. The molecule has 0 radical (unpaired) electrons. The highest BCUT2D eigenvalue weighted by Gasteiger charge is 2.50. The van der Waals surface area contributed by atoms with Crippen molar-refractivity contribution in [2.75, 3.05) is 6.54 Å². The second-order valence-electron chi connectivity index (χ2n) is 13.5. The van der Waals surface area contributed by atoms with Gasteiger partial charge in [0.25, 0.3) is 0 Å². The number of rotatable bonds is 3.